The van der Waals surface area contributed by atoms with Crippen LogP contribution in [0, 0.1) is 0 Å². The average molecular weight is 251 g/mol. The van der Waals surface area contributed by atoms with Gasteiger partial charge in [0.05, 0.1) is 5.69 Å². The summed E-state index contributed by atoms with van der Waals surface area (Å²) in [5.41, 5.74) is 0.764. The van der Waals surface area contributed by atoms with Crippen LogP contribution in [0.2, 0.25) is 0 Å². The maximum absolute atomic E-state index is 11.0. The molecule has 0 radical (unpaired) electrons. The summed E-state index contributed by atoms with van der Waals surface area (Å²) in [5, 5.41) is 12.5. The lowest BCUT2D eigenvalue weighted by atomic mass is 9.89. The molecule has 0 aromatic carbocycles. The molecule has 0 saturated carbocycles. The second-order valence-corrected chi connectivity index (χ2v) is 4.38. The Hall–Kier alpha value is -1.49. The van der Waals surface area contributed by atoms with E-state index in [9.17, 15) is 4.79 Å². The molecule has 2 N–H and O–H groups in total. The molecule has 1 aromatic rings. The number of hydrogen-bond donors (Lipinski definition) is 2. The maximum atomic E-state index is 11.0. The molecule has 5 nitrogen and oxygen atoms in total. The van der Waals surface area contributed by atoms with Gasteiger partial charge in [-0.1, -0.05) is 20.8 Å². The lowest BCUT2D eigenvalue weighted by Gasteiger charge is -2.32. The Labute approximate surface area is 108 Å². The number of hydrogen-bond acceptors (Lipinski definition) is 4. The molecule has 0 fully saturated rings. The zero-order valence-electron chi connectivity index (χ0n) is 11.2. The molecular formula is C13H21N3O2. The Kier molecular flexibility index (Phi) is 5.22. The van der Waals surface area contributed by atoms with Gasteiger partial charge in [-0.3, -0.25) is 0 Å². The van der Waals surface area contributed by atoms with E-state index in [0.717, 1.165) is 19.3 Å². The van der Waals surface area contributed by atoms with Gasteiger partial charge in [0.1, 0.15) is 11.9 Å². The first-order valence-corrected chi connectivity index (χ1v) is 6.35. The van der Waals surface area contributed by atoms with E-state index in [0.29, 0.717) is 12.2 Å². The van der Waals surface area contributed by atoms with E-state index in [1.807, 2.05) is 0 Å². The maximum Gasteiger partial charge on any atom is 0.339 e. The van der Waals surface area contributed by atoms with E-state index in [4.69, 9.17) is 5.11 Å². The number of rotatable bonds is 7. The number of carboxylic acid groups (broad SMARTS) is 1. The van der Waals surface area contributed by atoms with Gasteiger partial charge in [-0.05, 0) is 19.3 Å². The molecule has 1 aromatic heterocycles. The van der Waals surface area contributed by atoms with E-state index in [-0.39, 0.29) is 11.1 Å². The molecule has 0 unspecified atom stereocenters. The van der Waals surface area contributed by atoms with Gasteiger partial charge >= 0.3 is 5.97 Å². The minimum atomic E-state index is -0.984. The number of aromatic carboxylic acids is 1. The summed E-state index contributed by atoms with van der Waals surface area (Å²) in [7, 11) is 0. The minimum absolute atomic E-state index is 0.0563. The van der Waals surface area contributed by atoms with Crippen molar-refractivity contribution in [2.24, 2.45) is 0 Å². The van der Waals surface area contributed by atoms with Crippen molar-refractivity contribution in [3.8, 4) is 0 Å². The Morgan fingerprint density at radius 3 is 2.44 bits per heavy atom. The number of carbonyl (C=O) groups is 1. The first kappa shape index (κ1) is 14.6. The molecule has 0 bridgehead atoms. The van der Waals surface area contributed by atoms with Gasteiger partial charge in [-0.15, -0.1) is 0 Å². The van der Waals surface area contributed by atoms with Crippen molar-refractivity contribution in [2.45, 2.75) is 52.1 Å². The molecule has 0 amide bonds. The monoisotopic (exact) mass is 251 g/mol. The van der Waals surface area contributed by atoms with Gasteiger partial charge in [-0.2, -0.15) is 0 Å². The highest BCUT2D eigenvalue weighted by atomic mass is 16.4. The molecule has 0 aliphatic carbocycles. The summed E-state index contributed by atoms with van der Waals surface area (Å²) < 4.78 is 0. The van der Waals surface area contributed by atoms with Crippen LogP contribution in [0.5, 0.6) is 0 Å². The standard InChI is InChI=1S/C13H21N3O2/c1-4-13(5-2,6-3)16-8-11-10(12(17)18)7-14-9-15-11/h7,9,16H,4-6,8H2,1-3H3,(H,17,18). The highest BCUT2D eigenvalue weighted by Gasteiger charge is 2.23. The smallest absolute Gasteiger partial charge is 0.339 e. The molecule has 5 heteroatoms. The summed E-state index contributed by atoms with van der Waals surface area (Å²) in [6, 6.07) is 0. The highest BCUT2D eigenvalue weighted by Crippen LogP contribution is 2.20. The molecule has 1 heterocycles. The topological polar surface area (TPSA) is 75.1 Å². The van der Waals surface area contributed by atoms with Crippen molar-refractivity contribution in [2.75, 3.05) is 0 Å². The quantitative estimate of drug-likeness (QED) is 0.777. The van der Waals surface area contributed by atoms with Gasteiger partial charge in [0, 0.05) is 18.3 Å². The third kappa shape index (κ3) is 3.26. The third-order valence-electron chi connectivity index (χ3n) is 3.69. The van der Waals surface area contributed by atoms with Crippen LogP contribution in [-0.2, 0) is 6.54 Å². The van der Waals surface area contributed by atoms with E-state index < -0.39 is 5.97 Å². The van der Waals surface area contributed by atoms with Crippen LogP contribution < -0.4 is 5.32 Å². The Balaban J connectivity index is 2.83. The Bertz CT molecular complexity index is 395. The molecule has 0 spiro atoms. The van der Waals surface area contributed by atoms with Gasteiger partial charge in [0.25, 0.3) is 0 Å². The largest absolute Gasteiger partial charge is 0.478 e. The van der Waals surface area contributed by atoms with Crippen molar-refractivity contribution in [3.05, 3.63) is 23.8 Å². The number of nitrogens with zero attached hydrogens (tertiary/aromatic N) is 2. The predicted octanol–water partition coefficient (Wildman–Crippen LogP) is 2.23. The van der Waals surface area contributed by atoms with Crippen molar-refractivity contribution in [1.29, 1.82) is 0 Å². The van der Waals surface area contributed by atoms with Gasteiger partial charge in [0.2, 0.25) is 0 Å². The Morgan fingerprint density at radius 2 is 1.94 bits per heavy atom. The number of carboxylic acids is 1. The second kappa shape index (κ2) is 6.44. The fourth-order valence-electron chi connectivity index (χ4n) is 2.07. The second-order valence-electron chi connectivity index (χ2n) is 4.38. The average Bonchev–Trinajstić information content (AvgIpc) is 2.41. The molecule has 0 aliphatic heterocycles. The van der Waals surface area contributed by atoms with Crippen molar-refractivity contribution in [3.63, 3.8) is 0 Å². The van der Waals surface area contributed by atoms with E-state index >= 15 is 0 Å². The van der Waals surface area contributed by atoms with Crippen LogP contribution in [0.25, 0.3) is 0 Å². The fraction of sp³-hybridized carbons (Fsp3) is 0.615. The van der Waals surface area contributed by atoms with Gasteiger partial charge in [-0.25, -0.2) is 14.8 Å². The summed E-state index contributed by atoms with van der Waals surface area (Å²) in [6.45, 7) is 6.87. The first-order valence-electron chi connectivity index (χ1n) is 6.35. The SMILES string of the molecule is CCC(CC)(CC)NCc1ncncc1C(=O)O. The molecule has 0 saturated heterocycles. The van der Waals surface area contributed by atoms with Crippen LogP contribution in [0.1, 0.15) is 56.1 Å². The van der Waals surface area contributed by atoms with Crippen molar-refractivity contribution >= 4 is 5.97 Å². The molecular weight excluding hydrogens is 230 g/mol. The molecule has 1 rings (SSSR count). The summed E-state index contributed by atoms with van der Waals surface area (Å²) in [5.74, 6) is -0.984. The first-order chi connectivity index (χ1) is 8.58. The number of nitrogens with one attached hydrogen (secondary N) is 1. The van der Waals surface area contributed by atoms with Crippen molar-refractivity contribution < 1.29 is 9.90 Å². The molecule has 0 atom stereocenters. The van der Waals surface area contributed by atoms with Crippen LogP contribution in [-0.4, -0.2) is 26.6 Å². The zero-order chi connectivity index (χ0) is 13.6. The van der Waals surface area contributed by atoms with Gasteiger partial charge < -0.3 is 10.4 Å². The predicted molar refractivity (Wildman–Crippen MR) is 69.4 cm³/mol. The normalized spacial score (nSPS) is 11.5. The third-order valence-corrected chi connectivity index (χ3v) is 3.69. The Morgan fingerprint density at radius 1 is 1.33 bits per heavy atom. The summed E-state index contributed by atoms with van der Waals surface area (Å²) in [4.78, 5) is 18.9. The summed E-state index contributed by atoms with van der Waals surface area (Å²) in [6.07, 6.45) is 5.75. The lowest BCUT2D eigenvalue weighted by Crippen LogP contribution is -2.43. The van der Waals surface area contributed by atoms with Crippen LogP contribution in [0.3, 0.4) is 0 Å². The molecule has 18 heavy (non-hydrogen) atoms. The van der Waals surface area contributed by atoms with Crippen molar-refractivity contribution in [1.82, 2.24) is 15.3 Å². The van der Waals surface area contributed by atoms with Crippen LogP contribution >= 0.6 is 0 Å². The summed E-state index contributed by atoms with van der Waals surface area (Å²) >= 11 is 0. The molecule has 100 valence electrons. The van der Waals surface area contributed by atoms with Crippen LogP contribution in [0.4, 0.5) is 0 Å². The highest BCUT2D eigenvalue weighted by molar-refractivity contribution is 5.88. The van der Waals surface area contributed by atoms with E-state index in [1.54, 1.807) is 0 Å². The van der Waals surface area contributed by atoms with Gasteiger partial charge in [0.15, 0.2) is 0 Å². The zero-order valence-corrected chi connectivity index (χ0v) is 11.2. The van der Waals surface area contributed by atoms with Crippen LogP contribution in [0.15, 0.2) is 12.5 Å². The van der Waals surface area contributed by atoms with E-state index in [1.165, 1.54) is 12.5 Å². The molecule has 0 aliphatic rings. The van der Waals surface area contributed by atoms with E-state index in [2.05, 4.69) is 36.1 Å². The fourth-order valence-corrected chi connectivity index (χ4v) is 2.07. The lowest BCUT2D eigenvalue weighted by molar-refractivity contribution is 0.0694. The minimum Gasteiger partial charge on any atom is -0.478 e. The number of aromatic nitrogens is 2.